The zero-order valence-electron chi connectivity index (χ0n) is 9.65. The average molecular weight is 322 g/mol. The van der Waals surface area contributed by atoms with Crippen molar-refractivity contribution in [1.29, 1.82) is 0 Å². The van der Waals surface area contributed by atoms with Gasteiger partial charge in [0.2, 0.25) is 10.0 Å². The third kappa shape index (κ3) is 4.75. The molecule has 6 heteroatoms. The van der Waals surface area contributed by atoms with Crippen LogP contribution in [0.2, 0.25) is 0 Å². The maximum Gasteiger partial charge on any atom is 0.240 e. The smallest absolute Gasteiger partial charge is 0.240 e. The minimum Gasteiger partial charge on any atom is -0.383 e. The molecular weight excluding hydrogens is 306 g/mol. The van der Waals surface area contributed by atoms with Gasteiger partial charge in [0, 0.05) is 19.0 Å². The first-order valence-electron chi connectivity index (χ1n) is 5.23. The van der Waals surface area contributed by atoms with Crippen LogP contribution in [0, 0.1) is 0 Å². The largest absolute Gasteiger partial charge is 0.383 e. The fourth-order valence-corrected chi connectivity index (χ4v) is 2.78. The van der Waals surface area contributed by atoms with Gasteiger partial charge in [-0.3, -0.25) is 0 Å². The third-order valence-corrected chi connectivity index (χ3v) is 4.09. The first-order valence-corrected chi connectivity index (χ1v) is 7.84. The maximum atomic E-state index is 11.8. The Morgan fingerprint density at radius 1 is 1.29 bits per heavy atom. The van der Waals surface area contributed by atoms with Crippen molar-refractivity contribution in [3.05, 3.63) is 29.8 Å². The molecule has 0 aromatic heterocycles. The molecule has 0 aliphatic heterocycles. The number of nitrogens with one attached hydrogen (secondary N) is 1. The summed E-state index contributed by atoms with van der Waals surface area (Å²) < 4.78 is 30.9. The van der Waals surface area contributed by atoms with Gasteiger partial charge in [-0.2, -0.15) is 0 Å². The lowest BCUT2D eigenvalue weighted by Gasteiger charge is -2.06. The monoisotopic (exact) mass is 321 g/mol. The van der Waals surface area contributed by atoms with Crippen LogP contribution >= 0.6 is 15.9 Å². The van der Waals surface area contributed by atoms with Crippen LogP contribution < -0.4 is 4.72 Å². The highest BCUT2D eigenvalue weighted by Gasteiger charge is 2.12. The Hall–Kier alpha value is -0.430. The van der Waals surface area contributed by atoms with E-state index >= 15 is 0 Å². The van der Waals surface area contributed by atoms with Crippen molar-refractivity contribution in [2.45, 2.75) is 11.3 Å². The molecule has 1 aromatic rings. The molecule has 1 N–H and O–H groups in total. The predicted molar refractivity (Wildman–Crippen MR) is 71.0 cm³/mol. The molecule has 0 saturated heterocycles. The van der Waals surface area contributed by atoms with Gasteiger partial charge in [-0.25, -0.2) is 13.1 Å². The average Bonchev–Trinajstić information content (AvgIpc) is 2.30. The highest BCUT2D eigenvalue weighted by atomic mass is 79.9. The summed E-state index contributed by atoms with van der Waals surface area (Å²) in [4.78, 5) is 0.284. The molecule has 0 atom stereocenters. The van der Waals surface area contributed by atoms with Crippen molar-refractivity contribution in [3.8, 4) is 0 Å². The molecular formula is C11H16BrNO3S. The predicted octanol–water partition coefficient (Wildman–Crippen LogP) is 1.55. The lowest BCUT2D eigenvalue weighted by atomic mass is 10.2. The number of ether oxygens (including phenoxy) is 1. The van der Waals surface area contributed by atoms with Crippen molar-refractivity contribution in [2.75, 3.05) is 25.6 Å². The van der Waals surface area contributed by atoms with E-state index in [0.717, 1.165) is 17.3 Å². The van der Waals surface area contributed by atoms with E-state index in [1.54, 1.807) is 12.1 Å². The van der Waals surface area contributed by atoms with E-state index in [0.29, 0.717) is 6.61 Å². The first-order chi connectivity index (χ1) is 8.10. The molecule has 17 heavy (non-hydrogen) atoms. The van der Waals surface area contributed by atoms with Crippen LogP contribution in [-0.2, 0) is 21.2 Å². The molecule has 0 heterocycles. The van der Waals surface area contributed by atoms with Crippen molar-refractivity contribution in [2.24, 2.45) is 0 Å². The van der Waals surface area contributed by atoms with E-state index in [2.05, 4.69) is 20.7 Å². The molecule has 0 amide bonds. The molecule has 0 spiro atoms. The minimum atomic E-state index is -3.41. The van der Waals surface area contributed by atoms with Crippen LogP contribution in [0.3, 0.4) is 0 Å². The second-order valence-electron chi connectivity index (χ2n) is 3.47. The Morgan fingerprint density at radius 2 is 1.94 bits per heavy atom. The van der Waals surface area contributed by atoms with E-state index < -0.39 is 10.0 Å². The van der Waals surface area contributed by atoms with Gasteiger partial charge in [-0.05, 0) is 24.1 Å². The number of rotatable bonds is 7. The number of methoxy groups -OCH3 is 1. The van der Waals surface area contributed by atoms with E-state index in [1.165, 1.54) is 7.11 Å². The second kappa shape index (κ2) is 7.10. The summed E-state index contributed by atoms with van der Waals surface area (Å²) >= 11 is 3.34. The van der Waals surface area contributed by atoms with Crippen LogP contribution in [0.5, 0.6) is 0 Å². The van der Waals surface area contributed by atoms with Gasteiger partial charge >= 0.3 is 0 Å². The molecule has 0 saturated carbocycles. The van der Waals surface area contributed by atoms with Gasteiger partial charge in [0.05, 0.1) is 11.5 Å². The second-order valence-corrected chi connectivity index (χ2v) is 6.03. The van der Waals surface area contributed by atoms with Crippen LogP contribution in [0.1, 0.15) is 5.56 Å². The molecule has 4 nitrogen and oxygen atoms in total. The van der Waals surface area contributed by atoms with Crippen molar-refractivity contribution >= 4 is 26.0 Å². The van der Waals surface area contributed by atoms with Gasteiger partial charge in [0.15, 0.2) is 0 Å². The number of sulfonamides is 1. The third-order valence-electron chi connectivity index (χ3n) is 2.22. The van der Waals surface area contributed by atoms with E-state index in [1.807, 2.05) is 12.1 Å². The first kappa shape index (κ1) is 14.6. The number of aryl methyl sites for hydroxylation is 1. The molecule has 1 rings (SSSR count). The SMILES string of the molecule is COCCNS(=O)(=O)c1ccc(CCBr)cc1. The number of halogens is 1. The molecule has 0 fully saturated rings. The highest BCUT2D eigenvalue weighted by Crippen LogP contribution is 2.11. The number of benzene rings is 1. The Kier molecular flexibility index (Phi) is 6.11. The van der Waals surface area contributed by atoms with Crippen LogP contribution in [0.15, 0.2) is 29.2 Å². The summed E-state index contributed by atoms with van der Waals surface area (Å²) in [6, 6.07) is 6.89. The molecule has 0 aliphatic rings. The molecule has 0 radical (unpaired) electrons. The zero-order valence-corrected chi connectivity index (χ0v) is 12.1. The number of hydrogen-bond donors (Lipinski definition) is 1. The quantitative estimate of drug-likeness (QED) is 0.612. The van der Waals surface area contributed by atoms with Gasteiger partial charge in [-0.15, -0.1) is 0 Å². The maximum absolute atomic E-state index is 11.8. The summed E-state index contributed by atoms with van der Waals surface area (Å²) in [7, 11) is -1.87. The van der Waals surface area contributed by atoms with E-state index in [-0.39, 0.29) is 11.4 Å². The molecule has 96 valence electrons. The zero-order chi connectivity index (χ0) is 12.7. The van der Waals surface area contributed by atoms with Crippen molar-refractivity contribution in [1.82, 2.24) is 4.72 Å². The number of alkyl halides is 1. The lowest BCUT2D eigenvalue weighted by Crippen LogP contribution is -2.27. The molecule has 0 aliphatic carbocycles. The molecule has 1 aromatic carbocycles. The summed E-state index contributed by atoms with van der Waals surface area (Å²) in [6.07, 6.45) is 0.886. The Morgan fingerprint density at radius 3 is 2.47 bits per heavy atom. The van der Waals surface area contributed by atoms with Gasteiger partial charge in [-0.1, -0.05) is 28.1 Å². The fourth-order valence-electron chi connectivity index (χ4n) is 1.31. The molecule has 0 unspecified atom stereocenters. The summed E-state index contributed by atoms with van der Waals surface area (Å²) in [5.41, 5.74) is 1.11. The summed E-state index contributed by atoms with van der Waals surface area (Å²) in [5.74, 6) is 0. The summed E-state index contributed by atoms with van der Waals surface area (Å²) in [5, 5.41) is 0.866. The minimum absolute atomic E-state index is 0.280. The van der Waals surface area contributed by atoms with E-state index in [9.17, 15) is 8.42 Å². The standard InChI is InChI=1S/C11H16BrNO3S/c1-16-9-8-13-17(14,15)11-4-2-10(3-5-11)6-7-12/h2-5,13H,6-9H2,1H3. The topological polar surface area (TPSA) is 55.4 Å². The lowest BCUT2D eigenvalue weighted by molar-refractivity contribution is 0.204. The molecule has 0 bridgehead atoms. The van der Waals surface area contributed by atoms with Crippen molar-refractivity contribution < 1.29 is 13.2 Å². The van der Waals surface area contributed by atoms with Gasteiger partial charge in [0.1, 0.15) is 0 Å². The summed E-state index contributed by atoms with van der Waals surface area (Å²) in [6.45, 7) is 0.642. The Bertz CT molecular complexity index is 431. The van der Waals surface area contributed by atoms with Gasteiger partial charge in [0.25, 0.3) is 0 Å². The fraction of sp³-hybridized carbons (Fsp3) is 0.455. The normalized spacial score (nSPS) is 11.6. The van der Waals surface area contributed by atoms with E-state index in [4.69, 9.17) is 4.74 Å². The Labute approximate surface area is 111 Å². The van der Waals surface area contributed by atoms with Crippen LogP contribution in [-0.4, -0.2) is 34.0 Å². The van der Waals surface area contributed by atoms with Crippen LogP contribution in [0.4, 0.5) is 0 Å². The Balaban J connectivity index is 2.71. The van der Waals surface area contributed by atoms with Crippen molar-refractivity contribution in [3.63, 3.8) is 0 Å². The van der Waals surface area contributed by atoms with Gasteiger partial charge < -0.3 is 4.74 Å². The number of hydrogen-bond acceptors (Lipinski definition) is 3. The highest BCUT2D eigenvalue weighted by molar-refractivity contribution is 9.09. The van der Waals surface area contributed by atoms with Crippen LogP contribution in [0.25, 0.3) is 0 Å².